The van der Waals surface area contributed by atoms with E-state index in [-0.39, 0.29) is 10.8 Å². The Balaban J connectivity index is 1.54. The van der Waals surface area contributed by atoms with Crippen molar-refractivity contribution in [2.45, 2.75) is 13.8 Å². The minimum atomic E-state index is -0.184. The molecule has 2 nitrogen and oxygen atoms in total. The summed E-state index contributed by atoms with van der Waals surface area (Å²) in [7, 11) is 2.18. The highest BCUT2D eigenvalue weighted by Crippen LogP contribution is 2.69. The number of benzene rings is 3. The number of nitrogens with zero attached hydrogens (tertiary/aromatic N) is 2. The molecule has 0 bridgehead atoms. The van der Waals surface area contributed by atoms with Gasteiger partial charge < -0.3 is 4.57 Å². The zero-order valence-corrected chi connectivity index (χ0v) is 22.2. The van der Waals surface area contributed by atoms with Crippen LogP contribution in [0, 0.1) is 10.8 Å². The van der Waals surface area contributed by atoms with Gasteiger partial charge in [0.2, 0.25) is 0 Å². The van der Waals surface area contributed by atoms with Crippen molar-refractivity contribution in [3.05, 3.63) is 125 Å². The lowest BCUT2D eigenvalue weighted by Crippen LogP contribution is -2.48. The standard InChI is InChI=1S/C32H26N2S2/c1-31-19-24(21-13-7-4-8-14-21)35-28(31)26-27(34(3)30(33-26)23-17-11-6-12-18-23)29-32(31,2)20-25(36-29)22-15-9-5-10-16-22/h4-20H,1-3H3/t31-,32-/m1/s1. The van der Waals surface area contributed by atoms with Gasteiger partial charge in [0.05, 0.1) is 5.35 Å². The van der Waals surface area contributed by atoms with Gasteiger partial charge in [-0.3, -0.25) is 0 Å². The van der Waals surface area contributed by atoms with Crippen LogP contribution < -0.4 is 10.7 Å². The van der Waals surface area contributed by atoms with Crippen LogP contribution in [0.15, 0.2) is 103 Å². The number of allylic oxidation sites excluding steroid dienone is 2. The molecular weight excluding hydrogens is 477 g/mol. The van der Waals surface area contributed by atoms with Crippen LogP contribution in [0.25, 0.3) is 31.0 Å². The summed E-state index contributed by atoms with van der Waals surface area (Å²) in [5.41, 5.74) is 3.35. The highest BCUT2D eigenvalue weighted by atomic mass is 32.2. The molecule has 0 amide bonds. The summed E-state index contributed by atoms with van der Waals surface area (Å²) in [5, 5.41) is 2.39. The molecule has 3 heterocycles. The van der Waals surface area contributed by atoms with Crippen molar-refractivity contribution in [3.8, 4) is 11.4 Å². The predicted molar refractivity (Wildman–Crippen MR) is 155 cm³/mol. The van der Waals surface area contributed by atoms with Crippen LogP contribution in [0.5, 0.6) is 0 Å². The topological polar surface area (TPSA) is 17.8 Å². The monoisotopic (exact) mass is 502 g/mol. The van der Waals surface area contributed by atoms with Gasteiger partial charge in [-0.05, 0) is 11.1 Å². The number of aromatic nitrogens is 2. The third kappa shape index (κ3) is 2.98. The summed E-state index contributed by atoms with van der Waals surface area (Å²) in [5.74, 6) is 1.02. The molecule has 0 saturated heterocycles. The zero-order valence-electron chi connectivity index (χ0n) is 20.5. The summed E-state index contributed by atoms with van der Waals surface area (Å²) in [6.45, 7) is 4.84. The van der Waals surface area contributed by atoms with Gasteiger partial charge in [-0.25, -0.2) is 4.98 Å². The van der Waals surface area contributed by atoms with Crippen molar-refractivity contribution in [2.24, 2.45) is 17.9 Å². The van der Waals surface area contributed by atoms with Crippen LogP contribution in [0.3, 0.4) is 0 Å². The number of imidazole rings is 1. The van der Waals surface area contributed by atoms with Gasteiger partial charge in [-0.2, -0.15) is 0 Å². The summed E-state index contributed by atoms with van der Waals surface area (Å²) in [6, 6.07) is 32.2. The summed E-state index contributed by atoms with van der Waals surface area (Å²) < 4.78 is 2.32. The number of hydrogen-bond donors (Lipinski definition) is 0. The van der Waals surface area contributed by atoms with Crippen molar-refractivity contribution >= 4 is 43.1 Å². The average molecular weight is 503 g/mol. The average Bonchev–Trinajstić information content (AvgIpc) is 3.58. The molecule has 176 valence electrons. The maximum absolute atomic E-state index is 5.34. The fourth-order valence-corrected chi connectivity index (χ4v) is 8.83. The second kappa shape index (κ2) is 7.89. The molecule has 3 aromatic carbocycles. The third-order valence-corrected chi connectivity index (χ3v) is 10.7. The molecule has 4 heteroatoms. The van der Waals surface area contributed by atoms with E-state index in [4.69, 9.17) is 4.98 Å². The van der Waals surface area contributed by atoms with Crippen LogP contribution in [0.1, 0.15) is 25.0 Å². The summed E-state index contributed by atoms with van der Waals surface area (Å²) in [6.07, 6.45) is 5.03. The maximum atomic E-state index is 5.34. The van der Waals surface area contributed by atoms with Crippen molar-refractivity contribution in [1.82, 2.24) is 9.55 Å². The molecule has 0 radical (unpaired) electrons. The molecule has 2 atom stereocenters. The molecule has 0 spiro atoms. The molecule has 4 aromatic rings. The van der Waals surface area contributed by atoms with E-state index in [1.807, 2.05) is 23.5 Å². The quantitative estimate of drug-likeness (QED) is 0.303. The Bertz CT molecular complexity index is 1700. The molecule has 3 aliphatic rings. The van der Waals surface area contributed by atoms with Gasteiger partial charge in [0, 0.05) is 43.1 Å². The predicted octanol–water partition coefficient (Wildman–Crippen LogP) is 6.91. The van der Waals surface area contributed by atoms with E-state index < -0.39 is 0 Å². The molecule has 36 heavy (non-hydrogen) atoms. The van der Waals surface area contributed by atoms with E-state index in [1.54, 1.807) is 0 Å². The van der Waals surface area contributed by atoms with E-state index >= 15 is 0 Å². The highest BCUT2D eigenvalue weighted by Gasteiger charge is 2.56. The van der Waals surface area contributed by atoms with Gasteiger partial charge in [0.15, 0.2) is 0 Å². The van der Waals surface area contributed by atoms with E-state index in [1.165, 1.54) is 36.1 Å². The highest BCUT2D eigenvalue weighted by molar-refractivity contribution is 8.17. The van der Waals surface area contributed by atoms with Crippen molar-refractivity contribution in [2.75, 3.05) is 0 Å². The number of rotatable bonds is 3. The minimum Gasteiger partial charge on any atom is -0.326 e. The largest absolute Gasteiger partial charge is 0.326 e. The van der Waals surface area contributed by atoms with Gasteiger partial charge in [0.1, 0.15) is 11.2 Å². The first-order chi connectivity index (χ1) is 17.5. The maximum Gasteiger partial charge on any atom is 0.140 e. The van der Waals surface area contributed by atoms with E-state index in [0.717, 1.165) is 16.7 Å². The Morgan fingerprint density at radius 2 is 1.06 bits per heavy atom. The van der Waals surface area contributed by atoms with Crippen molar-refractivity contribution in [1.29, 1.82) is 0 Å². The summed E-state index contributed by atoms with van der Waals surface area (Å²) in [4.78, 5) is 10.7. The fourth-order valence-electron chi connectivity index (χ4n) is 5.76. The zero-order chi connectivity index (χ0) is 24.5. The molecule has 0 fully saturated rings. The molecule has 7 rings (SSSR count). The Hall–Kier alpha value is -3.21. The van der Waals surface area contributed by atoms with Crippen LogP contribution in [-0.2, 0) is 7.05 Å². The lowest BCUT2D eigenvalue weighted by molar-refractivity contribution is 0.355. The van der Waals surface area contributed by atoms with Gasteiger partial charge in [-0.1, -0.05) is 141 Å². The minimum absolute atomic E-state index is 0.170. The second-order valence-corrected chi connectivity index (χ2v) is 12.2. The lowest BCUT2D eigenvalue weighted by atomic mass is 9.62. The number of hydrogen-bond acceptors (Lipinski definition) is 3. The van der Waals surface area contributed by atoms with Crippen molar-refractivity contribution in [3.63, 3.8) is 0 Å². The summed E-state index contributed by atoms with van der Waals surface area (Å²) >= 11 is 3.82. The van der Waals surface area contributed by atoms with Crippen LogP contribution in [0.4, 0.5) is 0 Å². The Morgan fingerprint density at radius 1 is 0.611 bits per heavy atom. The SMILES string of the molecule is Cn1c(-c2ccccc2)nc2c1=C1SC(c3ccccc3)=C[C@@]1(C)[C@]1(C)C=C(c3ccccc3)SC=21. The Kier molecular flexibility index (Phi) is 4.83. The van der Waals surface area contributed by atoms with Gasteiger partial charge in [-0.15, -0.1) is 0 Å². The first-order valence-electron chi connectivity index (χ1n) is 12.3. The molecule has 1 aromatic heterocycles. The van der Waals surface area contributed by atoms with E-state index in [2.05, 4.69) is 129 Å². The molecule has 1 aliphatic carbocycles. The molecule has 0 saturated carbocycles. The smallest absolute Gasteiger partial charge is 0.140 e. The fraction of sp³-hybridized carbons (Fsp3) is 0.156. The second-order valence-electron chi connectivity index (χ2n) is 10.1. The Labute approximate surface area is 220 Å². The number of thioether (sulfide) groups is 2. The van der Waals surface area contributed by atoms with Gasteiger partial charge in [0.25, 0.3) is 0 Å². The first-order valence-corrected chi connectivity index (χ1v) is 13.9. The van der Waals surface area contributed by atoms with Crippen LogP contribution >= 0.6 is 23.5 Å². The Morgan fingerprint density at radius 3 is 1.58 bits per heavy atom. The third-order valence-electron chi connectivity index (χ3n) is 7.96. The van der Waals surface area contributed by atoms with Crippen molar-refractivity contribution < 1.29 is 0 Å². The molecule has 0 N–H and O–H groups in total. The molecule has 2 aliphatic heterocycles. The van der Waals surface area contributed by atoms with Crippen LogP contribution in [0.2, 0.25) is 0 Å². The van der Waals surface area contributed by atoms with E-state index in [0.29, 0.717) is 0 Å². The lowest BCUT2D eigenvalue weighted by Gasteiger charge is -2.42. The normalized spacial score (nSPS) is 24.2. The van der Waals surface area contributed by atoms with Crippen LogP contribution in [-0.4, -0.2) is 9.55 Å². The molecule has 0 unspecified atom stereocenters. The van der Waals surface area contributed by atoms with Gasteiger partial charge >= 0.3 is 0 Å². The first kappa shape index (κ1) is 22.0. The van der Waals surface area contributed by atoms with E-state index in [9.17, 15) is 0 Å². The number of fused-ring (bicyclic) bond motifs is 4. The molecular formula is C32H26N2S2.